The van der Waals surface area contributed by atoms with Crippen LogP contribution in [0.4, 0.5) is 0 Å². The fraction of sp³-hybridized carbons (Fsp3) is 0.929. The van der Waals surface area contributed by atoms with Crippen molar-refractivity contribution < 1.29 is 4.79 Å². The van der Waals surface area contributed by atoms with E-state index < -0.39 is 0 Å². The molecular formula is C14H24ClNO. The zero-order valence-corrected chi connectivity index (χ0v) is 11.4. The summed E-state index contributed by atoms with van der Waals surface area (Å²) in [4.78, 5) is 14.6. The summed E-state index contributed by atoms with van der Waals surface area (Å²) < 4.78 is 0. The lowest BCUT2D eigenvalue weighted by atomic mass is 9.90. The van der Waals surface area contributed by atoms with E-state index in [0.717, 1.165) is 32.2 Å². The average Bonchev–Trinajstić information content (AvgIpc) is 2.75. The van der Waals surface area contributed by atoms with Gasteiger partial charge < -0.3 is 4.90 Å². The molecule has 1 aliphatic carbocycles. The van der Waals surface area contributed by atoms with Gasteiger partial charge in [0.05, 0.1) is 0 Å². The number of nitrogens with zero attached hydrogens (tertiary/aromatic N) is 1. The summed E-state index contributed by atoms with van der Waals surface area (Å²) in [6.45, 7) is 0.937. The average molecular weight is 258 g/mol. The van der Waals surface area contributed by atoms with Gasteiger partial charge in [0.25, 0.3) is 0 Å². The maximum atomic E-state index is 12.5. The Balaban J connectivity index is 1.92. The molecule has 2 rings (SSSR count). The Morgan fingerprint density at radius 1 is 1.00 bits per heavy atom. The highest BCUT2D eigenvalue weighted by atomic mass is 35.5. The third kappa shape index (κ3) is 3.37. The summed E-state index contributed by atoms with van der Waals surface area (Å²) in [5.74, 6) is 1.30. The fourth-order valence-electron chi connectivity index (χ4n) is 3.22. The van der Waals surface area contributed by atoms with Crippen molar-refractivity contribution >= 4 is 17.5 Å². The normalized spacial score (nSPS) is 27.8. The SMILES string of the molecule is O=C(C1CCCCCCC1)N1CCCC1CCl. The molecule has 1 saturated carbocycles. The van der Waals surface area contributed by atoms with Crippen LogP contribution in [0.5, 0.6) is 0 Å². The molecule has 0 aromatic carbocycles. The molecule has 17 heavy (non-hydrogen) atoms. The van der Waals surface area contributed by atoms with Crippen molar-refractivity contribution in [3.8, 4) is 0 Å². The van der Waals surface area contributed by atoms with Crippen LogP contribution < -0.4 is 0 Å². The summed E-state index contributed by atoms with van der Waals surface area (Å²) in [6, 6.07) is 0.314. The van der Waals surface area contributed by atoms with Gasteiger partial charge in [-0.25, -0.2) is 0 Å². The zero-order chi connectivity index (χ0) is 12.1. The van der Waals surface area contributed by atoms with Gasteiger partial charge in [-0.15, -0.1) is 11.6 Å². The number of rotatable bonds is 2. The molecule has 0 bridgehead atoms. The van der Waals surface area contributed by atoms with Gasteiger partial charge in [0.1, 0.15) is 0 Å². The van der Waals surface area contributed by atoms with Gasteiger partial charge in [-0.1, -0.05) is 32.1 Å². The second kappa shape index (κ2) is 6.63. The van der Waals surface area contributed by atoms with E-state index in [4.69, 9.17) is 11.6 Å². The summed E-state index contributed by atoms with van der Waals surface area (Å²) in [6.07, 6.45) is 10.9. The highest BCUT2D eigenvalue weighted by Crippen LogP contribution is 2.27. The van der Waals surface area contributed by atoms with Crippen LogP contribution in [0.3, 0.4) is 0 Å². The molecule has 1 unspecified atom stereocenters. The molecular weight excluding hydrogens is 234 g/mol. The lowest BCUT2D eigenvalue weighted by molar-refractivity contribution is -0.136. The molecule has 0 spiro atoms. The highest BCUT2D eigenvalue weighted by molar-refractivity contribution is 6.18. The first-order valence-corrected chi connectivity index (χ1v) is 7.73. The van der Waals surface area contributed by atoms with Crippen LogP contribution >= 0.6 is 11.6 Å². The summed E-state index contributed by atoms with van der Waals surface area (Å²) in [5.41, 5.74) is 0. The van der Waals surface area contributed by atoms with Crippen molar-refractivity contribution in [2.45, 2.75) is 63.8 Å². The van der Waals surface area contributed by atoms with Crippen LogP contribution in [0.15, 0.2) is 0 Å². The van der Waals surface area contributed by atoms with Crippen LogP contribution in [0.25, 0.3) is 0 Å². The maximum absolute atomic E-state index is 12.5. The van der Waals surface area contributed by atoms with Gasteiger partial charge in [0.2, 0.25) is 5.91 Å². The van der Waals surface area contributed by atoms with Gasteiger partial charge >= 0.3 is 0 Å². The second-order valence-electron chi connectivity index (χ2n) is 5.52. The molecule has 0 N–H and O–H groups in total. The number of amides is 1. The third-order valence-electron chi connectivity index (χ3n) is 4.29. The van der Waals surface area contributed by atoms with Crippen molar-refractivity contribution in [2.75, 3.05) is 12.4 Å². The largest absolute Gasteiger partial charge is 0.338 e. The zero-order valence-electron chi connectivity index (χ0n) is 10.7. The highest BCUT2D eigenvalue weighted by Gasteiger charge is 2.32. The van der Waals surface area contributed by atoms with Crippen molar-refractivity contribution in [3.63, 3.8) is 0 Å². The second-order valence-corrected chi connectivity index (χ2v) is 5.83. The van der Waals surface area contributed by atoms with E-state index in [2.05, 4.69) is 4.90 Å². The maximum Gasteiger partial charge on any atom is 0.225 e. The van der Waals surface area contributed by atoms with Crippen molar-refractivity contribution in [3.05, 3.63) is 0 Å². The summed E-state index contributed by atoms with van der Waals surface area (Å²) in [5, 5.41) is 0. The van der Waals surface area contributed by atoms with Gasteiger partial charge in [-0.05, 0) is 25.7 Å². The topological polar surface area (TPSA) is 20.3 Å². The van der Waals surface area contributed by atoms with E-state index >= 15 is 0 Å². The minimum atomic E-state index is 0.291. The lowest BCUT2D eigenvalue weighted by Crippen LogP contribution is -2.40. The smallest absolute Gasteiger partial charge is 0.225 e. The summed E-state index contributed by atoms with van der Waals surface area (Å²) in [7, 11) is 0. The molecule has 1 aliphatic heterocycles. The monoisotopic (exact) mass is 257 g/mol. The molecule has 0 radical (unpaired) electrons. The Hall–Kier alpha value is -0.240. The predicted molar refractivity (Wildman–Crippen MR) is 71.3 cm³/mol. The Labute approximate surface area is 110 Å². The lowest BCUT2D eigenvalue weighted by Gasteiger charge is -2.28. The number of carbonyl (C=O) groups excluding carboxylic acids is 1. The molecule has 1 amide bonds. The Kier molecular flexibility index (Phi) is 5.15. The number of carbonyl (C=O) groups is 1. The number of likely N-dealkylation sites (tertiary alicyclic amines) is 1. The number of alkyl halides is 1. The molecule has 1 heterocycles. The molecule has 2 nitrogen and oxygen atoms in total. The van der Waals surface area contributed by atoms with E-state index in [0.29, 0.717) is 23.7 Å². The predicted octanol–water partition coefficient (Wildman–Crippen LogP) is 3.58. The van der Waals surface area contributed by atoms with Crippen molar-refractivity contribution in [1.29, 1.82) is 0 Å². The molecule has 1 atom stereocenters. The van der Waals surface area contributed by atoms with E-state index in [-0.39, 0.29) is 0 Å². The quantitative estimate of drug-likeness (QED) is 0.693. The number of halogens is 1. The minimum absolute atomic E-state index is 0.291. The van der Waals surface area contributed by atoms with E-state index in [9.17, 15) is 4.79 Å². The molecule has 0 aromatic heterocycles. The van der Waals surface area contributed by atoms with Crippen LogP contribution in [-0.2, 0) is 4.79 Å². The van der Waals surface area contributed by atoms with E-state index in [1.807, 2.05) is 0 Å². The van der Waals surface area contributed by atoms with Gasteiger partial charge in [0, 0.05) is 24.4 Å². The van der Waals surface area contributed by atoms with E-state index in [1.54, 1.807) is 0 Å². The third-order valence-corrected chi connectivity index (χ3v) is 4.65. The van der Waals surface area contributed by atoms with Crippen molar-refractivity contribution in [1.82, 2.24) is 4.90 Å². The van der Waals surface area contributed by atoms with Crippen molar-refractivity contribution in [2.24, 2.45) is 5.92 Å². The van der Waals surface area contributed by atoms with Crippen LogP contribution in [-0.4, -0.2) is 29.3 Å². The Bertz CT molecular complexity index is 249. The minimum Gasteiger partial charge on any atom is -0.338 e. The standard InChI is InChI=1S/C14H24ClNO/c15-11-13-9-6-10-16(13)14(17)12-7-4-2-1-3-5-8-12/h12-13H,1-11H2. The molecule has 98 valence electrons. The molecule has 2 aliphatic rings. The summed E-state index contributed by atoms with van der Waals surface area (Å²) >= 11 is 5.95. The van der Waals surface area contributed by atoms with Crippen LogP contribution in [0, 0.1) is 5.92 Å². The number of hydrogen-bond acceptors (Lipinski definition) is 1. The molecule has 2 fully saturated rings. The van der Waals surface area contributed by atoms with Gasteiger partial charge in [0.15, 0.2) is 0 Å². The Morgan fingerprint density at radius 2 is 1.65 bits per heavy atom. The van der Waals surface area contributed by atoms with Crippen LogP contribution in [0.1, 0.15) is 57.8 Å². The van der Waals surface area contributed by atoms with Crippen LogP contribution in [0.2, 0.25) is 0 Å². The molecule has 1 saturated heterocycles. The fourth-order valence-corrected chi connectivity index (χ4v) is 3.54. The van der Waals surface area contributed by atoms with Gasteiger partial charge in [-0.2, -0.15) is 0 Å². The first-order chi connectivity index (χ1) is 8.33. The molecule has 3 heteroatoms. The first kappa shape index (κ1) is 13.2. The Morgan fingerprint density at radius 3 is 2.29 bits per heavy atom. The first-order valence-electron chi connectivity index (χ1n) is 7.19. The molecule has 0 aromatic rings. The van der Waals surface area contributed by atoms with E-state index in [1.165, 1.54) is 32.1 Å². The van der Waals surface area contributed by atoms with Gasteiger partial charge in [-0.3, -0.25) is 4.79 Å². The number of hydrogen-bond donors (Lipinski definition) is 0.